The zero-order valence-electron chi connectivity index (χ0n) is 8.64. The van der Waals surface area contributed by atoms with Crippen molar-refractivity contribution in [1.82, 2.24) is 0 Å². The molecule has 0 saturated heterocycles. The number of benzene rings is 2. The average Bonchev–Trinajstić information content (AvgIpc) is 2.30. The molecule has 3 nitrogen and oxygen atoms in total. The van der Waals surface area contributed by atoms with Gasteiger partial charge in [0, 0.05) is 29.2 Å². The SMILES string of the molecule is N=Cc1ccccc1Nc1cccc(O)c1. The molecule has 0 spiro atoms. The summed E-state index contributed by atoms with van der Waals surface area (Å²) in [5.41, 5.74) is 2.46. The van der Waals surface area contributed by atoms with Crippen LogP contribution in [0.2, 0.25) is 0 Å². The predicted molar refractivity (Wildman–Crippen MR) is 65.7 cm³/mol. The van der Waals surface area contributed by atoms with Crippen molar-refractivity contribution in [2.24, 2.45) is 0 Å². The van der Waals surface area contributed by atoms with E-state index in [4.69, 9.17) is 5.41 Å². The lowest BCUT2D eigenvalue weighted by Crippen LogP contribution is -1.94. The molecule has 2 rings (SSSR count). The number of phenols is 1. The molecule has 0 radical (unpaired) electrons. The highest BCUT2D eigenvalue weighted by Crippen LogP contribution is 2.22. The summed E-state index contributed by atoms with van der Waals surface area (Å²) in [5, 5.41) is 19.8. The summed E-state index contributed by atoms with van der Waals surface area (Å²) in [6, 6.07) is 14.4. The monoisotopic (exact) mass is 212 g/mol. The van der Waals surface area contributed by atoms with E-state index >= 15 is 0 Å². The highest BCUT2D eigenvalue weighted by molar-refractivity contribution is 5.87. The van der Waals surface area contributed by atoms with Crippen LogP contribution in [0.15, 0.2) is 48.5 Å². The van der Waals surface area contributed by atoms with Gasteiger partial charge in [-0.1, -0.05) is 24.3 Å². The normalized spacial score (nSPS) is 9.75. The van der Waals surface area contributed by atoms with Crippen LogP contribution in [0.25, 0.3) is 0 Å². The Hall–Kier alpha value is -2.29. The quantitative estimate of drug-likeness (QED) is 0.684. The fourth-order valence-electron chi connectivity index (χ4n) is 1.48. The molecule has 3 heteroatoms. The molecule has 0 aliphatic rings. The highest BCUT2D eigenvalue weighted by Gasteiger charge is 1.99. The highest BCUT2D eigenvalue weighted by atomic mass is 16.3. The van der Waals surface area contributed by atoms with Gasteiger partial charge in [-0.25, -0.2) is 0 Å². The minimum atomic E-state index is 0.220. The van der Waals surface area contributed by atoms with Crippen LogP contribution >= 0.6 is 0 Å². The van der Waals surface area contributed by atoms with E-state index in [-0.39, 0.29) is 5.75 Å². The van der Waals surface area contributed by atoms with Gasteiger partial charge in [0.2, 0.25) is 0 Å². The van der Waals surface area contributed by atoms with Crippen molar-refractivity contribution in [2.75, 3.05) is 5.32 Å². The molecule has 0 unspecified atom stereocenters. The molecule has 0 heterocycles. The summed E-state index contributed by atoms with van der Waals surface area (Å²) in [6.45, 7) is 0. The van der Waals surface area contributed by atoms with Crippen molar-refractivity contribution in [1.29, 1.82) is 5.41 Å². The van der Waals surface area contributed by atoms with Crippen LogP contribution in [0.5, 0.6) is 5.75 Å². The van der Waals surface area contributed by atoms with Gasteiger partial charge in [0.25, 0.3) is 0 Å². The van der Waals surface area contributed by atoms with Gasteiger partial charge < -0.3 is 15.8 Å². The van der Waals surface area contributed by atoms with Crippen molar-refractivity contribution < 1.29 is 5.11 Å². The fourth-order valence-corrected chi connectivity index (χ4v) is 1.48. The number of hydrogen-bond donors (Lipinski definition) is 3. The zero-order chi connectivity index (χ0) is 11.4. The third kappa shape index (κ3) is 2.20. The summed E-state index contributed by atoms with van der Waals surface area (Å²) < 4.78 is 0. The number of nitrogens with one attached hydrogen (secondary N) is 2. The van der Waals surface area contributed by atoms with Crippen molar-refractivity contribution in [3.05, 3.63) is 54.1 Å². The van der Waals surface area contributed by atoms with Gasteiger partial charge in [-0.3, -0.25) is 0 Å². The molecule has 0 bridgehead atoms. The molecule has 2 aromatic carbocycles. The predicted octanol–water partition coefficient (Wildman–Crippen LogP) is 3.13. The van der Waals surface area contributed by atoms with Crippen molar-refractivity contribution in [3.8, 4) is 5.75 Å². The molecule has 0 amide bonds. The van der Waals surface area contributed by atoms with E-state index in [1.807, 2.05) is 30.3 Å². The van der Waals surface area contributed by atoms with Crippen LogP contribution < -0.4 is 5.32 Å². The molecular formula is C13H12N2O. The van der Waals surface area contributed by atoms with E-state index in [1.165, 1.54) is 6.21 Å². The fraction of sp³-hybridized carbons (Fsp3) is 0. The van der Waals surface area contributed by atoms with Gasteiger partial charge in [0.15, 0.2) is 0 Å². The number of aromatic hydroxyl groups is 1. The lowest BCUT2D eigenvalue weighted by molar-refractivity contribution is 0.475. The molecule has 16 heavy (non-hydrogen) atoms. The molecule has 0 aliphatic heterocycles. The number of rotatable bonds is 3. The van der Waals surface area contributed by atoms with Gasteiger partial charge in [-0.05, 0) is 18.2 Å². The molecule has 2 aromatic rings. The maximum absolute atomic E-state index is 9.33. The molecule has 3 N–H and O–H groups in total. The lowest BCUT2D eigenvalue weighted by atomic mass is 10.2. The Morgan fingerprint density at radius 3 is 2.62 bits per heavy atom. The van der Waals surface area contributed by atoms with E-state index in [1.54, 1.807) is 18.2 Å². The maximum Gasteiger partial charge on any atom is 0.117 e. The first-order chi connectivity index (χ1) is 7.79. The maximum atomic E-state index is 9.33. The molecule has 0 aliphatic carbocycles. The van der Waals surface area contributed by atoms with Gasteiger partial charge in [0.05, 0.1) is 0 Å². The Morgan fingerprint density at radius 2 is 1.88 bits per heavy atom. The second-order valence-corrected chi connectivity index (χ2v) is 3.41. The molecule has 0 saturated carbocycles. The Balaban J connectivity index is 2.30. The molecule has 0 fully saturated rings. The van der Waals surface area contributed by atoms with Crippen LogP contribution in [0.3, 0.4) is 0 Å². The molecular weight excluding hydrogens is 200 g/mol. The Morgan fingerprint density at radius 1 is 1.06 bits per heavy atom. The largest absolute Gasteiger partial charge is 0.508 e. The smallest absolute Gasteiger partial charge is 0.117 e. The Labute approximate surface area is 93.9 Å². The number of para-hydroxylation sites is 1. The number of phenolic OH excluding ortho intramolecular Hbond substituents is 1. The van der Waals surface area contributed by atoms with E-state index < -0.39 is 0 Å². The van der Waals surface area contributed by atoms with Crippen molar-refractivity contribution in [2.45, 2.75) is 0 Å². The zero-order valence-corrected chi connectivity index (χ0v) is 8.64. The van der Waals surface area contributed by atoms with Gasteiger partial charge in [-0.2, -0.15) is 0 Å². The standard InChI is InChI=1S/C13H12N2O/c14-9-10-4-1-2-7-13(10)15-11-5-3-6-12(16)8-11/h1-9,14-16H. The molecule has 0 aromatic heterocycles. The minimum Gasteiger partial charge on any atom is -0.508 e. The first kappa shape index (κ1) is 10.2. The van der Waals surface area contributed by atoms with Crippen molar-refractivity contribution in [3.63, 3.8) is 0 Å². The third-order valence-corrected chi connectivity index (χ3v) is 2.24. The van der Waals surface area contributed by atoms with E-state index in [9.17, 15) is 5.11 Å². The van der Waals surface area contributed by atoms with Gasteiger partial charge >= 0.3 is 0 Å². The summed E-state index contributed by atoms with van der Waals surface area (Å²) >= 11 is 0. The number of hydrogen-bond acceptors (Lipinski definition) is 3. The molecule has 0 atom stereocenters. The van der Waals surface area contributed by atoms with E-state index in [0.717, 1.165) is 16.9 Å². The topological polar surface area (TPSA) is 56.1 Å². The van der Waals surface area contributed by atoms with E-state index in [0.29, 0.717) is 0 Å². The summed E-state index contributed by atoms with van der Waals surface area (Å²) in [7, 11) is 0. The first-order valence-corrected chi connectivity index (χ1v) is 4.95. The van der Waals surface area contributed by atoms with Crippen molar-refractivity contribution >= 4 is 17.6 Å². The first-order valence-electron chi connectivity index (χ1n) is 4.95. The minimum absolute atomic E-state index is 0.220. The summed E-state index contributed by atoms with van der Waals surface area (Å²) in [5.74, 6) is 0.220. The van der Waals surface area contributed by atoms with Crippen LogP contribution in [-0.4, -0.2) is 11.3 Å². The second-order valence-electron chi connectivity index (χ2n) is 3.41. The molecule has 80 valence electrons. The summed E-state index contributed by atoms with van der Waals surface area (Å²) in [6.07, 6.45) is 1.30. The Kier molecular flexibility index (Phi) is 2.87. The Bertz CT molecular complexity index is 509. The average molecular weight is 212 g/mol. The summed E-state index contributed by atoms with van der Waals surface area (Å²) in [4.78, 5) is 0. The van der Waals surface area contributed by atoms with Crippen LogP contribution in [0.4, 0.5) is 11.4 Å². The van der Waals surface area contributed by atoms with Gasteiger partial charge in [-0.15, -0.1) is 0 Å². The number of anilines is 2. The van der Waals surface area contributed by atoms with Crippen LogP contribution in [-0.2, 0) is 0 Å². The third-order valence-electron chi connectivity index (χ3n) is 2.24. The van der Waals surface area contributed by atoms with Crippen LogP contribution in [0, 0.1) is 5.41 Å². The lowest BCUT2D eigenvalue weighted by Gasteiger charge is -2.09. The van der Waals surface area contributed by atoms with Crippen LogP contribution in [0.1, 0.15) is 5.56 Å². The van der Waals surface area contributed by atoms with Gasteiger partial charge in [0.1, 0.15) is 5.75 Å². The second kappa shape index (κ2) is 4.49. The van der Waals surface area contributed by atoms with E-state index in [2.05, 4.69) is 5.32 Å².